The van der Waals surface area contributed by atoms with Gasteiger partial charge in [0, 0.05) is 24.4 Å². The predicted octanol–water partition coefficient (Wildman–Crippen LogP) is 4.30. The lowest BCUT2D eigenvalue weighted by Crippen LogP contribution is -2.60. The number of ketones is 1. The highest BCUT2D eigenvalue weighted by Gasteiger charge is 2.53. The van der Waals surface area contributed by atoms with Crippen LogP contribution < -0.4 is 0 Å². The van der Waals surface area contributed by atoms with E-state index in [1.807, 2.05) is 37.3 Å². The maximum atomic E-state index is 13.6. The predicted molar refractivity (Wildman–Crippen MR) is 114 cm³/mol. The molecule has 0 radical (unpaired) electrons. The molecule has 1 unspecified atom stereocenters. The van der Waals surface area contributed by atoms with Gasteiger partial charge in [-0.3, -0.25) is 4.79 Å². The summed E-state index contributed by atoms with van der Waals surface area (Å²) in [6, 6.07) is 17.1. The number of carbonyl (C=O) groups excluding carboxylic acids is 1. The number of benzene rings is 2. The van der Waals surface area contributed by atoms with Crippen LogP contribution in [0, 0.1) is 12.8 Å². The minimum absolute atomic E-state index is 0.206. The zero-order chi connectivity index (χ0) is 20.6. The van der Waals surface area contributed by atoms with Gasteiger partial charge in [0.05, 0.1) is 4.90 Å². The molecule has 2 atom stereocenters. The van der Waals surface area contributed by atoms with E-state index in [1.54, 1.807) is 16.4 Å². The molecule has 1 heterocycles. The highest BCUT2D eigenvalue weighted by atomic mass is 32.2. The fraction of sp³-hybridized carbons (Fsp3) is 0.375. The lowest BCUT2D eigenvalue weighted by atomic mass is 9.67. The number of hydrogen-bond acceptors (Lipinski definition) is 3. The molecule has 4 nitrogen and oxygen atoms in total. The van der Waals surface area contributed by atoms with Gasteiger partial charge in [-0.25, -0.2) is 8.42 Å². The molecule has 1 aliphatic heterocycles. The first-order valence-electron chi connectivity index (χ1n) is 10.2. The summed E-state index contributed by atoms with van der Waals surface area (Å²) in [4.78, 5) is 12.8. The van der Waals surface area contributed by atoms with Crippen LogP contribution in [0.15, 0.2) is 71.6 Å². The number of nitrogens with zero attached hydrogens (tertiary/aromatic N) is 1. The second kappa shape index (κ2) is 7.54. The molecule has 1 saturated carbocycles. The van der Waals surface area contributed by atoms with E-state index in [-0.39, 0.29) is 18.2 Å². The Morgan fingerprint density at radius 1 is 1.10 bits per heavy atom. The number of carbonyl (C=O) groups is 1. The van der Waals surface area contributed by atoms with Crippen LogP contribution in [0.2, 0.25) is 0 Å². The summed E-state index contributed by atoms with van der Waals surface area (Å²) < 4.78 is 28.9. The lowest BCUT2D eigenvalue weighted by molar-refractivity contribution is -0.127. The Morgan fingerprint density at radius 3 is 2.48 bits per heavy atom. The lowest BCUT2D eigenvalue weighted by Gasteiger charge is -2.52. The van der Waals surface area contributed by atoms with E-state index in [9.17, 15) is 13.2 Å². The number of Topliss-reactive ketones (excluding diaryl/α,β-unsaturated/α-hetero) is 1. The molecule has 2 bridgehead atoms. The third kappa shape index (κ3) is 3.69. The quantitative estimate of drug-likeness (QED) is 0.692. The molecule has 0 aromatic heterocycles. The third-order valence-corrected chi connectivity index (χ3v) is 8.47. The zero-order valence-electron chi connectivity index (χ0n) is 16.8. The highest BCUT2D eigenvalue weighted by Crippen LogP contribution is 2.47. The van der Waals surface area contributed by atoms with E-state index in [0.29, 0.717) is 30.6 Å². The van der Waals surface area contributed by atoms with Gasteiger partial charge in [0.2, 0.25) is 10.0 Å². The van der Waals surface area contributed by atoms with E-state index < -0.39 is 15.6 Å². The molecule has 2 aromatic rings. The van der Waals surface area contributed by atoms with Crippen molar-refractivity contribution in [2.45, 2.75) is 49.5 Å². The number of aryl methyl sites for hydroxylation is 2. The monoisotopic (exact) mass is 409 g/mol. The second-order valence-electron chi connectivity index (χ2n) is 8.42. The fourth-order valence-corrected chi connectivity index (χ4v) is 6.57. The number of piperidine rings is 1. The van der Waals surface area contributed by atoms with Crippen LogP contribution in [0.25, 0.3) is 0 Å². The van der Waals surface area contributed by atoms with Crippen LogP contribution in [-0.4, -0.2) is 30.6 Å². The Hall–Kier alpha value is -2.24. The Balaban J connectivity index is 1.72. The second-order valence-corrected chi connectivity index (χ2v) is 10.3. The van der Waals surface area contributed by atoms with Crippen LogP contribution in [0.4, 0.5) is 0 Å². The van der Waals surface area contributed by atoms with Crippen LogP contribution in [-0.2, 0) is 21.2 Å². The molecular formula is C24H27NO3S. The maximum absolute atomic E-state index is 13.6. The summed E-state index contributed by atoms with van der Waals surface area (Å²) in [6.07, 6.45) is 3.03. The van der Waals surface area contributed by atoms with Crippen molar-refractivity contribution in [2.75, 3.05) is 6.54 Å². The summed E-state index contributed by atoms with van der Waals surface area (Å²) in [7, 11) is -3.68. The summed E-state index contributed by atoms with van der Waals surface area (Å²) in [5.74, 6) is -0.0123. The molecule has 5 heteroatoms. The van der Waals surface area contributed by atoms with Crippen molar-refractivity contribution in [2.24, 2.45) is 5.92 Å². The molecule has 0 N–H and O–H groups in total. The van der Waals surface area contributed by atoms with Gasteiger partial charge in [-0.05, 0) is 50.3 Å². The number of hydrogen-bond donors (Lipinski definition) is 0. The minimum Gasteiger partial charge on any atom is -0.299 e. The van der Waals surface area contributed by atoms with Crippen LogP contribution in [0.1, 0.15) is 36.8 Å². The molecule has 2 fully saturated rings. The molecule has 0 spiro atoms. The average molecular weight is 410 g/mol. The zero-order valence-corrected chi connectivity index (χ0v) is 17.6. The van der Waals surface area contributed by atoms with E-state index in [4.69, 9.17) is 0 Å². The smallest absolute Gasteiger partial charge is 0.243 e. The van der Waals surface area contributed by atoms with Crippen molar-refractivity contribution >= 4 is 15.8 Å². The van der Waals surface area contributed by atoms with E-state index in [1.165, 1.54) is 5.56 Å². The van der Waals surface area contributed by atoms with Gasteiger partial charge in [-0.15, -0.1) is 0 Å². The van der Waals surface area contributed by atoms with Crippen molar-refractivity contribution in [3.63, 3.8) is 0 Å². The summed E-state index contributed by atoms with van der Waals surface area (Å²) >= 11 is 0. The molecule has 2 aromatic carbocycles. The standard InChI is InChI=1S/C24H27NO3S/c1-18-8-10-21(11-9-18)29(27,28)25-17-19(2)22-16-24(25,15-13-23(22)26)14-12-20-6-4-3-5-7-20/h3-11,22H,2,12-17H2,1H3/t22?,24-/m1/s1. The molecule has 4 rings (SSSR count). The maximum Gasteiger partial charge on any atom is 0.243 e. The largest absolute Gasteiger partial charge is 0.299 e. The van der Waals surface area contributed by atoms with E-state index in [2.05, 4.69) is 18.7 Å². The minimum atomic E-state index is -3.68. The SMILES string of the molecule is C=C1CN(S(=O)(=O)c2ccc(C)cc2)[C@]2(CCc3ccccc3)CCC(=O)C1C2. The molecule has 152 valence electrons. The van der Waals surface area contributed by atoms with Crippen molar-refractivity contribution in [3.05, 3.63) is 77.9 Å². The normalized spacial score (nSPS) is 25.2. The Morgan fingerprint density at radius 2 is 1.79 bits per heavy atom. The van der Waals surface area contributed by atoms with Gasteiger partial charge in [-0.2, -0.15) is 4.31 Å². The Kier molecular flexibility index (Phi) is 5.21. The topological polar surface area (TPSA) is 54.5 Å². The first-order chi connectivity index (χ1) is 13.8. The van der Waals surface area contributed by atoms with E-state index in [0.717, 1.165) is 17.6 Å². The van der Waals surface area contributed by atoms with Gasteiger partial charge in [0.15, 0.2) is 0 Å². The summed E-state index contributed by atoms with van der Waals surface area (Å²) in [5.41, 5.74) is 2.39. The van der Waals surface area contributed by atoms with Crippen molar-refractivity contribution < 1.29 is 13.2 Å². The molecule has 29 heavy (non-hydrogen) atoms. The van der Waals surface area contributed by atoms with Gasteiger partial charge in [-0.1, -0.05) is 60.2 Å². The molecular weight excluding hydrogens is 382 g/mol. The average Bonchev–Trinajstić information content (AvgIpc) is 2.72. The van der Waals surface area contributed by atoms with Gasteiger partial charge in [0.25, 0.3) is 0 Å². The first-order valence-corrected chi connectivity index (χ1v) is 11.6. The number of rotatable bonds is 5. The van der Waals surface area contributed by atoms with Crippen LogP contribution in [0.3, 0.4) is 0 Å². The molecule has 2 aliphatic rings. The Bertz CT molecular complexity index is 1030. The van der Waals surface area contributed by atoms with Crippen LogP contribution >= 0.6 is 0 Å². The van der Waals surface area contributed by atoms with Gasteiger partial charge >= 0.3 is 0 Å². The molecule has 1 saturated heterocycles. The van der Waals surface area contributed by atoms with Gasteiger partial charge in [0.1, 0.15) is 5.78 Å². The third-order valence-electron chi connectivity index (χ3n) is 6.51. The highest BCUT2D eigenvalue weighted by molar-refractivity contribution is 7.89. The summed E-state index contributed by atoms with van der Waals surface area (Å²) in [6.45, 7) is 6.25. The Labute approximate surface area is 173 Å². The molecule has 0 amide bonds. The van der Waals surface area contributed by atoms with Crippen molar-refractivity contribution in [1.82, 2.24) is 4.31 Å². The number of sulfonamides is 1. The summed E-state index contributed by atoms with van der Waals surface area (Å²) in [5, 5.41) is 0. The van der Waals surface area contributed by atoms with E-state index >= 15 is 0 Å². The van der Waals surface area contributed by atoms with Crippen molar-refractivity contribution in [1.29, 1.82) is 0 Å². The van der Waals surface area contributed by atoms with Gasteiger partial charge < -0.3 is 0 Å². The fourth-order valence-electron chi connectivity index (χ4n) is 4.74. The molecule has 1 aliphatic carbocycles. The van der Waals surface area contributed by atoms with Crippen molar-refractivity contribution in [3.8, 4) is 0 Å². The number of fused-ring (bicyclic) bond motifs is 2. The first kappa shape index (κ1) is 20.0. The van der Waals surface area contributed by atoms with Crippen LogP contribution in [0.5, 0.6) is 0 Å².